The first kappa shape index (κ1) is 16.6. The van der Waals surface area contributed by atoms with Crippen LogP contribution in [0.5, 0.6) is 0 Å². The maximum Gasteiger partial charge on any atom is 0.346 e. The van der Waals surface area contributed by atoms with Crippen LogP contribution in [0, 0.1) is 6.92 Å². The van der Waals surface area contributed by atoms with Crippen molar-refractivity contribution in [1.82, 2.24) is 10.2 Å². The molecule has 2 aromatic heterocycles. The number of hydrogen-bond acceptors (Lipinski definition) is 6. The van der Waals surface area contributed by atoms with E-state index in [1.165, 1.54) is 11.3 Å². The summed E-state index contributed by atoms with van der Waals surface area (Å²) >= 11 is 1.32. The zero-order valence-corrected chi connectivity index (χ0v) is 15.8. The number of hydrogen-bond donors (Lipinski definition) is 1. The van der Waals surface area contributed by atoms with E-state index in [1.54, 1.807) is 0 Å². The fourth-order valence-corrected chi connectivity index (χ4v) is 4.02. The first-order valence-corrected chi connectivity index (χ1v) is 9.62. The molecule has 0 aliphatic carbocycles. The third-order valence-electron chi connectivity index (χ3n) is 4.57. The van der Waals surface area contributed by atoms with Crippen molar-refractivity contribution < 1.29 is 4.42 Å². The zero-order chi connectivity index (χ0) is 19.1. The van der Waals surface area contributed by atoms with Gasteiger partial charge in [-0.05, 0) is 47.5 Å². The Morgan fingerprint density at radius 1 is 0.929 bits per heavy atom. The lowest BCUT2D eigenvalue weighted by molar-refractivity contribution is 0.563. The van der Waals surface area contributed by atoms with Crippen molar-refractivity contribution in [2.24, 2.45) is 0 Å². The van der Waals surface area contributed by atoms with Crippen LogP contribution in [0.25, 0.3) is 32.3 Å². The minimum absolute atomic E-state index is 0.415. The average molecular weight is 385 g/mol. The Balaban J connectivity index is 1.59. The number of aromatic nitrogens is 2. The molecular formula is C22H15N3O2S. The molecule has 28 heavy (non-hydrogen) atoms. The maximum atomic E-state index is 12.5. The standard InChI is InChI=1S/C22H15N3O2S/c1-13-5-4-7-15(11-13)23-22-25-24-20(28-22)18-12-17-16-8-3-2-6-14(16)9-10-19(17)27-21(18)26/h2-12H,1H3,(H,23,25). The summed E-state index contributed by atoms with van der Waals surface area (Å²) in [4.78, 5) is 12.5. The molecule has 5 rings (SSSR count). The molecule has 6 heteroatoms. The van der Waals surface area contributed by atoms with Gasteiger partial charge in [0.05, 0.1) is 5.56 Å². The number of benzene rings is 3. The van der Waals surface area contributed by atoms with Gasteiger partial charge in [-0.2, -0.15) is 0 Å². The van der Waals surface area contributed by atoms with E-state index < -0.39 is 5.63 Å². The topological polar surface area (TPSA) is 68.0 Å². The highest BCUT2D eigenvalue weighted by Gasteiger charge is 2.14. The van der Waals surface area contributed by atoms with Crippen molar-refractivity contribution >= 4 is 43.9 Å². The van der Waals surface area contributed by atoms with Crippen molar-refractivity contribution in [2.45, 2.75) is 6.92 Å². The van der Waals surface area contributed by atoms with E-state index in [0.29, 0.717) is 21.3 Å². The van der Waals surface area contributed by atoms with E-state index in [1.807, 2.05) is 73.7 Å². The second-order valence-corrected chi connectivity index (χ2v) is 7.53. The molecule has 0 saturated carbocycles. The van der Waals surface area contributed by atoms with Gasteiger partial charge in [-0.1, -0.05) is 53.8 Å². The van der Waals surface area contributed by atoms with Gasteiger partial charge in [0.2, 0.25) is 5.13 Å². The van der Waals surface area contributed by atoms with Crippen LogP contribution in [-0.2, 0) is 0 Å². The summed E-state index contributed by atoms with van der Waals surface area (Å²) in [7, 11) is 0. The first-order chi connectivity index (χ1) is 13.7. The molecule has 0 amide bonds. The summed E-state index contributed by atoms with van der Waals surface area (Å²) in [6.07, 6.45) is 0. The smallest absolute Gasteiger partial charge is 0.346 e. The largest absolute Gasteiger partial charge is 0.422 e. The normalized spacial score (nSPS) is 11.2. The van der Waals surface area contributed by atoms with E-state index >= 15 is 0 Å². The maximum absolute atomic E-state index is 12.5. The third kappa shape index (κ3) is 2.93. The molecule has 2 heterocycles. The van der Waals surface area contributed by atoms with Crippen molar-refractivity contribution in [3.63, 3.8) is 0 Å². The van der Waals surface area contributed by atoms with E-state index in [-0.39, 0.29) is 0 Å². The summed E-state index contributed by atoms with van der Waals surface area (Å²) in [5.74, 6) is 0. The monoisotopic (exact) mass is 385 g/mol. The van der Waals surface area contributed by atoms with Crippen molar-refractivity contribution in [2.75, 3.05) is 5.32 Å². The molecule has 0 saturated heterocycles. The lowest BCUT2D eigenvalue weighted by atomic mass is 10.0. The molecule has 0 unspecified atom stereocenters. The summed E-state index contributed by atoms with van der Waals surface area (Å²) in [6.45, 7) is 2.03. The Morgan fingerprint density at radius 2 is 1.82 bits per heavy atom. The molecule has 0 radical (unpaired) electrons. The fourth-order valence-electron chi connectivity index (χ4n) is 3.25. The quantitative estimate of drug-likeness (QED) is 0.327. The van der Waals surface area contributed by atoms with Crippen molar-refractivity contribution in [3.05, 3.63) is 82.7 Å². The van der Waals surface area contributed by atoms with Crippen LogP contribution in [0.15, 0.2) is 75.9 Å². The van der Waals surface area contributed by atoms with Crippen LogP contribution < -0.4 is 10.9 Å². The number of aryl methyl sites for hydroxylation is 1. The highest BCUT2D eigenvalue weighted by molar-refractivity contribution is 7.18. The first-order valence-electron chi connectivity index (χ1n) is 8.80. The number of anilines is 2. The van der Waals surface area contributed by atoms with Crippen LogP contribution in [0.4, 0.5) is 10.8 Å². The molecule has 0 aliphatic rings. The molecule has 0 bridgehead atoms. The zero-order valence-electron chi connectivity index (χ0n) is 15.0. The van der Waals surface area contributed by atoms with Gasteiger partial charge < -0.3 is 9.73 Å². The summed E-state index contributed by atoms with van der Waals surface area (Å²) in [5.41, 5.74) is 2.64. The molecule has 0 atom stereocenters. The average Bonchev–Trinajstić information content (AvgIpc) is 3.15. The molecule has 5 nitrogen and oxygen atoms in total. The Labute approximate surface area is 164 Å². The Kier molecular flexibility index (Phi) is 3.91. The second kappa shape index (κ2) is 6.58. The predicted octanol–water partition coefficient (Wildman–Crippen LogP) is 5.52. The highest BCUT2D eigenvalue weighted by Crippen LogP contribution is 2.31. The SMILES string of the molecule is Cc1cccc(Nc2nnc(-c3cc4c(ccc5ccccc54)oc3=O)s2)c1. The van der Waals surface area contributed by atoms with Crippen LogP contribution in [0.1, 0.15) is 5.56 Å². The molecule has 3 aromatic carbocycles. The van der Waals surface area contributed by atoms with Gasteiger partial charge in [-0.15, -0.1) is 10.2 Å². The number of fused-ring (bicyclic) bond motifs is 3. The van der Waals surface area contributed by atoms with Gasteiger partial charge in [0.15, 0.2) is 5.01 Å². The molecule has 0 fully saturated rings. The van der Waals surface area contributed by atoms with E-state index in [0.717, 1.165) is 27.4 Å². The van der Waals surface area contributed by atoms with Gasteiger partial charge in [-0.25, -0.2) is 4.79 Å². The lowest BCUT2D eigenvalue weighted by Gasteiger charge is -2.04. The molecule has 1 N–H and O–H groups in total. The number of nitrogens with zero attached hydrogens (tertiary/aromatic N) is 2. The Morgan fingerprint density at radius 3 is 2.71 bits per heavy atom. The van der Waals surface area contributed by atoms with Crippen LogP contribution >= 0.6 is 11.3 Å². The Hall–Kier alpha value is -3.51. The van der Waals surface area contributed by atoms with Crippen molar-refractivity contribution in [1.29, 1.82) is 0 Å². The molecule has 0 aliphatic heterocycles. The molecule has 0 spiro atoms. The van der Waals surface area contributed by atoms with Gasteiger partial charge in [0.1, 0.15) is 5.58 Å². The van der Waals surface area contributed by atoms with Gasteiger partial charge in [-0.3, -0.25) is 0 Å². The van der Waals surface area contributed by atoms with E-state index in [2.05, 4.69) is 15.5 Å². The summed E-state index contributed by atoms with van der Waals surface area (Å²) < 4.78 is 5.56. The summed E-state index contributed by atoms with van der Waals surface area (Å²) in [5, 5.41) is 15.8. The minimum Gasteiger partial charge on any atom is -0.422 e. The molecule has 136 valence electrons. The Bertz CT molecular complexity index is 1390. The van der Waals surface area contributed by atoms with Gasteiger partial charge >= 0.3 is 5.63 Å². The van der Waals surface area contributed by atoms with Crippen LogP contribution in [-0.4, -0.2) is 10.2 Å². The van der Waals surface area contributed by atoms with E-state index in [9.17, 15) is 4.79 Å². The van der Waals surface area contributed by atoms with Crippen LogP contribution in [0.2, 0.25) is 0 Å². The molecule has 5 aromatic rings. The highest BCUT2D eigenvalue weighted by atomic mass is 32.1. The predicted molar refractivity (Wildman–Crippen MR) is 113 cm³/mol. The van der Waals surface area contributed by atoms with Crippen molar-refractivity contribution in [3.8, 4) is 10.6 Å². The minimum atomic E-state index is -0.416. The van der Waals surface area contributed by atoms with Gasteiger partial charge in [0, 0.05) is 11.1 Å². The molecular weight excluding hydrogens is 370 g/mol. The third-order valence-corrected chi connectivity index (χ3v) is 5.44. The van der Waals surface area contributed by atoms with Crippen LogP contribution in [0.3, 0.4) is 0 Å². The fraction of sp³-hybridized carbons (Fsp3) is 0.0455. The number of rotatable bonds is 3. The summed E-state index contributed by atoms with van der Waals surface area (Å²) in [6, 6.07) is 21.6. The second-order valence-electron chi connectivity index (χ2n) is 6.55. The number of nitrogens with one attached hydrogen (secondary N) is 1. The van der Waals surface area contributed by atoms with Gasteiger partial charge in [0.25, 0.3) is 0 Å². The van der Waals surface area contributed by atoms with E-state index in [4.69, 9.17) is 4.42 Å². The lowest BCUT2D eigenvalue weighted by Crippen LogP contribution is -2.02.